The molecule has 0 bridgehead atoms. The summed E-state index contributed by atoms with van der Waals surface area (Å²) in [5.41, 5.74) is 6.12. The average Bonchev–Trinajstić information content (AvgIpc) is 2.54. The van der Waals surface area contributed by atoms with Gasteiger partial charge in [-0.1, -0.05) is 33.1 Å². The zero-order valence-electron chi connectivity index (χ0n) is 15.4. The van der Waals surface area contributed by atoms with Crippen LogP contribution in [0.5, 0.6) is 0 Å². The molecule has 1 rings (SSSR count). The number of hydrogen-bond donors (Lipinski definition) is 1. The normalized spacial score (nSPS) is 17.7. The highest BCUT2D eigenvalue weighted by Crippen LogP contribution is 2.25. The molecule has 0 aliphatic heterocycles. The molecule has 23 heavy (non-hydrogen) atoms. The summed E-state index contributed by atoms with van der Waals surface area (Å²) in [6, 6.07) is -0.456. The van der Waals surface area contributed by atoms with Crippen molar-refractivity contribution < 1.29 is 14.3 Å². The van der Waals surface area contributed by atoms with Crippen molar-refractivity contribution >= 4 is 5.91 Å². The smallest absolute Gasteiger partial charge is 0.239 e. The Balaban J connectivity index is 2.74. The van der Waals surface area contributed by atoms with Gasteiger partial charge in [-0.15, -0.1) is 0 Å². The molecule has 1 aliphatic carbocycles. The molecular weight excluding hydrogens is 292 g/mol. The van der Waals surface area contributed by atoms with E-state index in [2.05, 4.69) is 0 Å². The summed E-state index contributed by atoms with van der Waals surface area (Å²) in [7, 11) is 0. The van der Waals surface area contributed by atoms with E-state index in [1.807, 2.05) is 32.6 Å². The fourth-order valence-corrected chi connectivity index (χ4v) is 3.14. The van der Waals surface area contributed by atoms with E-state index >= 15 is 0 Å². The van der Waals surface area contributed by atoms with Gasteiger partial charge < -0.3 is 20.1 Å². The van der Waals surface area contributed by atoms with E-state index in [0.717, 1.165) is 6.54 Å². The van der Waals surface area contributed by atoms with Gasteiger partial charge >= 0.3 is 0 Å². The number of rotatable bonds is 10. The topological polar surface area (TPSA) is 64.8 Å². The third-order valence-electron chi connectivity index (χ3n) is 4.59. The van der Waals surface area contributed by atoms with Crippen LogP contribution in [-0.4, -0.2) is 49.4 Å². The molecular formula is C18H36N2O3. The maximum absolute atomic E-state index is 12.8. The predicted molar refractivity (Wildman–Crippen MR) is 93.0 cm³/mol. The van der Waals surface area contributed by atoms with E-state index in [0.29, 0.717) is 25.7 Å². The SMILES string of the molecule is CCOC(CN(CC1CCCCC1)C(=O)[C@@H](N)C(C)C)OCC. The highest BCUT2D eigenvalue weighted by atomic mass is 16.7. The molecule has 0 aromatic carbocycles. The number of carbonyl (C=O) groups is 1. The van der Waals surface area contributed by atoms with Crippen molar-refractivity contribution in [3.8, 4) is 0 Å². The molecule has 0 aromatic rings. The number of nitrogens with two attached hydrogens (primary N) is 1. The van der Waals surface area contributed by atoms with Crippen molar-refractivity contribution in [3.63, 3.8) is 0 Å². The molecule has 5 heteroatoms. The summed E-state index contributed by atoms with van der Waals surface area (Å²) in [4.78, 5) is 14.7. The Kier molecular flexibility index (Phi) is 9.75. The second-order valence-electron chi connectivity index (χ2n) is 6.86. The monoisotopic (exact) mass is 328 g/mol. The first-order chi connectivity index (χ1) is 11.0. The Morgan fingerprint density at radius 1 is 1.13 bits per heavy atom. The molecule has 0 spiro atoms. The number of amides is 1. The van der Waals surface area contributed by atoms with Crippen LogP contribution in [0.25, 0.3) is 0 Å². The molecule has 1 atom stereocenters. The quantitative estimate of drug-likeness (QED) is 0.626. The summed E-state index contributed by atoms with van der Waals surface area (Å²) >= 11 is 0. The lowest BCUT2D eigenvalue weighted by molar-refractivity contribution is -0.161. The second kappa shape index (κ2) is 11.0. The van der Waals surface area contributed by atoms with E-state index in [9.17, 15) is 4.79 Å². The van der Waals surface area contributed by atoms with Crippen LogP contribution in [0, 0.1) is 11.8 Å². The number of ether oxygens (including phenoxy) is 2. The maximum atomic E-state index is 12.8. The molecule has 136 valence electrons. The summed E-state index contributed by atoms with van der Waals surface area (Å²) in [5, 5.41) is 0. The van der Waals surface area contributed by atoms with Crippen molar-refractivity contribution in [3.05, 3.63) is 0 Å². The Labute approximate surface area is 141 Å². The van der Waals surface area contributed by atoms with Gasteiger partial charge in [-0.2, -0.15) is 0 Å². The van der Waals surface area contributed by atoms with Crippen LogP contribution in [0.1, 0.15) is 59.8 Å². The molecule has 2 N–H and O–H groups in total. The van der Waals surface area contributed by atoms with Gasteiger partial charge in [-0.25, -0.2) is 0 Å². The van der Waals surface area contributed by atoms with Crippen LogP contribution in [0.2, 0.25) is 0 Å². The third kappa shape index (κ3) is 7.19. The highest BCUT2D eigenvalue weighted by molar-refractivity contribution is 5.82. The lowest BCUT2D eigenvalue weighted by atomic mass is 9.88. The van der Waals surface area contributed by atoms with E-state index in [-0.39, 0.29) is 18.1 Å². The van der Waals surface area contributed by atoms with Crippen molar-refractivity contribution in [2.24, 2.45) is 17.6 Å². The third-order valence-corrected chi connectivity index (χ3v) is 4.59. The zero-order chi connectivity index (χ0) is 17.2. The fourth-order valence-electron chi connectivity index (χ4n) is 3.14. The molecule has 1 saturated carbocycles. The van der Waals surface area contributed by atoms with E-state index in [4.69, 9.17) is 15.2 Å². The van der Waals surface area contributed by atoms with Gasteiger partial charge in [0.05, 0.1) is 12.6 Å². The van der Waals surface area contributed by atoms with Gasteiger partial charge in [0.2, 0.25) is 5.91 Å². The van der Waals surface area contributed by atoms with Gasteiger partial charge in [0.1, 0.15) is 0 Å². The minimum absolute atomic E-state index is 0.0231. The number of hydrogen-bond acceptors (Lipinski definition) is 4. The van der Waals surface area contributed by atoms with Crippen LogP contribution in [0.3, 0.4) is 0 Å². The van der Waals surface area contributed by atoms with Gasteiger partial charge in [0, 0.05) is 19.8 Å². The van der Waals surface area contributed by atoms with Crippen LogP contribution < -0.4 is 5.73 Å². The van der Waals surface area contributed by atoms with Crippen LogP contribution in [0.4, 0.5) is 0 Å². The van der Waals surface area contributed by atoms with Gasteiger partial charge in [-0.05, 0) is 38.5 Å². The van der Waals surface area contributed by atoms with Gasteiger partial charge in [0.25, 0.3) is 0 Å². The largest absolute Gasteiger partial charge is 0.351 e. The first kappa shape index (κ1) is 20.4. The lowest BCUT2D eigenvalue weighted by Gasteiger charge is -2.34. The molecule has 1 amide bonds. The summed E-state index contributed by atoms with van der Waals surface area (Å²) in [6.07, 6.45) is 5.89. The minimum atomic E-state index is -0.456. The van der Waals surface area contributed by atoms with Crippen molar-refractivity contribution in [1.82, 2.24) is 4.90 Å². The standard InChI is InChI=1S/C18H36N2O3/c1-5-22-16(23-6-2)13-20(18(21)17(19)14(3)4)12-15-10-8-7-9-11-15/h14-17H,5-13,19H2,1-4H3/t17-/m0/s1. The molecule has 1 aliphatic rings. The molecule has 0 heterocycles. The maximum Gasteiger partial charge on any atom is 0.239 e. The zero-order valence-corrected chi connectivity index (χ0v) is 15.4. The van der Waals surface area contributed by atoms with Crippen LogP contribution in [-0.2, 0) is 14.3 Å². The van der Waals surface area contributed by atoms with E-state index in [1.165, 1.54) is 32.1 Å². The number of nitrogens with zero attached hydrogens (tertiary/aromatic N) is 1. The molecule has 0 unspecified atom stereocenters. The first-order valence-corrected chi connectivity index (χ1v) is 9.27. The van der Waals surface area contributed by atoms with Crippen molar-refractivity contribution in [1.29, 1.82) is 0 Å². The first-order valence-electron chi connectivity index (χ1n) is 9.27. The van der Waals surface area contributed by atoms with Crippen LogP contribution >= 0.6 is 0 Å². The van der Waals surface area contributed by atoms with Gasteiger partial charge in [-0.3, -0.25) is 4.79 Å². The minimum Gasteiger partial charge on any atom is -0.351 e. The van der Waals surface area contributed by atoms with Gasteiger partial charge in [0.15, 0.2) is 6.29 Å². The number of carbonyl (C=O) groups excluding carboxylic acids is 1. The molecule has 5 nitrogen and oxygen atoms in total. The summed E-state index contributed by atoms with van der Waals surface area (Å²) in [6.45, 7) is 10.3. The molecule has 1 fully saturated rings. The molecule has 0 aromatic heterocycles. The van der Waals surface area contributed by atoms with E-state index in [1.54, 1.807) is 0 Å². The Bertz CT molecular complexity index is 324. The Hall–Kier alpha value is -0.650. The fraction of sp³-hybridized carbons (Fsp3) is 0.944. The predicted octanol–water partition coefficient (Wildman–Crippen LogP) is 2.78. The Morgan fingerprint density at radius 3 is 2.17 bits per heavy atom. The molecule has 0 radical (unpaired) electrons. The van der Waals surface area contributed by atoms with Crippen molar-refractivity contribution in [2.45, 2.75) is 72.1 Å². The second-order valence-corrected chi connectivity index (χ2v) is 6.86. The van der Waals surface area contributed by atoms with Crippen LogP contribution in [0.15, 0.2) is 0 Å². The summed E-state index contributed by atoms with van der Waals surface area (Å²) in [5.74, 6) is 0.736. The average molecular weight is 328 g/mol. The van der Waals surface area contributed by atoms with Crippen molar-refractivity contribution in [2.75, 3.05) is 26.3 Å². The highest BCUT2D eigenvalue weighted by Gasteiger charge is 2.28. The molecule has 0 saturated heterocycles. The summed E-state index contributed by atoms with van der Waals surface area (Å²) < 4.78 is 11.3. The Morgan fingerprint density at radius 2 is 1.70 bits per heavy atom. The lowest BCUT2D eigenvalue weighted by Crippen LogP contribution is -2.51. The van der Waals surface area contributed by atoms with E-state index < -0.39 is 6.04 Å².